The zero-order valence-corrected chi connectivity index (χ0v) is 14.3. The number of anilines is 2. The van der Waals surface area contributed by atoms with Crippen LogP contribution < -0.4 is 14.8 Å². The highest BCUT2D eigenvalue weighted by molar-refractivity contribution is 7.94. The normalized spacial score (nSPS) is 17.2. The van der Waals surface area contributed by atoms with Crippen LogP contribution in [0.3, 0.4) is 0 Å². The third kappa shape index (κ3) is 3.02. The van der Waals surface area contributed by atoms with Gasteiger partial charge in [-0.3, -0.25) is 9.52 Å². The molecule has 0 aliphatic carbocycles. The number of hydrogen-bond acceptors (Lipinski definition) is 6. The van der Waals surface area contributed by atoms with Crippen molar-refractivity contribution >= 4 is 38.6 Å². The van der Waals surface area contributed by atoms with Gasteiger partial charge in [0, 0.05) is 0 Å². The Labute approximate surface area is 137 Å². The van der Waals surface area contributed by atoms with Crippen molar-refractivity contribution in [3.8, 4) is 5.75 Å². The van der Waals surface area contributed by atoms with Crippen LogP contribution in [0.2, 0.25) is 0 Å². The molecule has 2 heterocycles. The van der Waals surface area contributed by atoms with Crippen LogP contribution in [0.25, 0.3) is 0 Å². The Morgan fingerprint density at radius 3 is 2.74 bits per heavy atom. The van der Waals surface area contributed by atoms with E-state index in [4.69, 9.17) is 4.74 Å². The van der Waals surface area contributed by atoms with Gasteiger partial charge < -0.3 is 10.1 Å². The first kappa shape index (κ1) is 15.8. The van der Waals surface area contributed by atoms with Crippen LogP contribution in [0.15, 0.2) is 22.4 Å². The maximum atomic E-state index is 12.5. The number of fused-ring (bicyclic) bond motifs is 1. The highest BCUT2D eigenvalue weighted by Crippen LogP contribution is 2.33. The molecule has 2 aromatic rings. The molecule has 1 atom stereocenters. The summed E-state index contributed by atoms with van der Waals surface area (Å²) in [5, 5.41) is 3.37. The minimum absolute atomic E-state index is 0.182. The smallest absolute Gasteiger partial charge is 0.273 e. The summed E-state index contributed by atoms with van der Waals surface area (Å²) < 4.78 is 33.0. The molecule has 9 heteroatoms. The summed E-state index contributed by atoms with van der Waals surface area (Å²) in [7, 11) is -3.72. The lowest BCUT2D eigenvalue weighted by Crippen LogP contribution is -2.34. The molecule has 2 N–H and O–H groups in total. The van der Waals surface area contributed by atoms with Crippen molar-refractivity contribution in [3.63, 3.8) is 0 Å². The monoisotopic (exact) mass is 353 g/mol. The van der Waals surface area contributed by atoms with E-state index in [9.17, 15) is 13.2 Å². The highest BCUT2D eigenvalue weighted by atomic mass is 32.2. The summed E-state index contributed by atoms with van der Waals surface area (Å²) in [6, 6.07) is 4.73. The van der Waals surface area contributed by atoms with Crippen molar-refractivity contribution < 1.29 is 17.9 Å². The number of nitrogens with one attached hydrogen (secondary N) is 2. The number of thiazole rings is 1. The maximum absolute atomic E-state index is 12.5. The van der Waals surface area contributed by atoms with Gasteiger partial charge in [-0.1, -0.05) is 0 Å². The van der Waals surface area contributed by atoms with Crippen LogP contribution in [0.4, 0.5) is 11.4 Å². The average molecular weight is 353 g/mol. The number of amides is 1. The van der Waals surface area contributed by atoms with Gasteiger partial charge in [0.25, 0.3) is 15.9 Å². The van der Waals surface area contributed by atoms with Crippen molar-refractivity contribution in [2.45, 2.75) is 31.1 Å². The number of carbonyl (C=O) groups excluding carboxylic acids is 1. The van der Waals surface area contributed by atoms with Crippen LogP contribution in [-0.4, -0.2) is 25.4 Å². The van der Waals surface area contributed by atoms with Gasteiger partial charge in [-0.2, -0.15) is 0 Å². The zero-order valence-electron chi connectivity index (χ0n) is 12.7. The second-order valence-electron chi connectivity index (χ2n) is 5.17. The quantitative estimate of drug-likeness (QED) is 0.882. The van der Waals surface area contributed by atoms with Gasteiger partial charge in [-0.15, -0.1) is 11.3 Å². The number of ether oxygens (including phenoxy) is 1. The van der Waals surface area contributed by atoms with Crippen LogP contribution in [-0.2, 0) is 14.8 Å². The summed E-state index contributed by atoms with van der Waals surface area (Å²) in [4.78, 5) is 15.8. The lowest BCUT2D eigenvalue weighted by Gasteiger charge is -2.23. The molecule has 0 saturated carbocycles. The molecule has 0 radical (unpaired) electrons. The minimum Gasteiger partial charge on any atom is -0.479 e. The van der Waals surface area contributed by atoms with Gasteiger partial charge in [-0.05, 0) is 39.0 Å². The van der Waals surface area contributed by atoms with E-state index in [1.54, 1.807) is 32.9 Å². The lowest BCUT2D eigenvalue weighted by molar-refractivity contribution is -0.122. The number of nitrogens with zero attached hydrogens (tertiary/aromatic N) is 1. The Kier molecular flexibility index (Phi) is 3.77. The fraction of sp³-hybridized carbons (Fsp3) is 0.286. The van der Waals surface area contributed by atoms with Crippen LogP contribution in [0, 0.1) is 13.8 Å². The number of carbonyl (C=O) groups is 1. The predicted molar refractivity (Wildman–Crippen MR) is 87.6 cm³/mol. The molecule has 1 aromatic carbocycles. The first-order chi connectivity index (χ1) is 10.8. The molecule has 7 nitrogen and oxygen atoms in total. The third-order valence-electron chi connectivity index (χ3n) is 3.27. The SMILES string of the molecule is Cc1nc(C)c(S(=O)(=O)Nc2ccc3c(c2)NC(=O)[C@H](C)O3)s1. The molecule has 1 aliphatic rings. The second kappa shape index (κ2) is 5.50. The van der Waals surface area contributed by atoms with Crippen molar-refractivity contribution in [2.75, 3.05) is 10.0 Å². The number of hydrogen-bond donors (Lipinski definition) is 2. The predicted octanol–water partition coefficient (Wildman–Crippen LogP) is 2.28. The Hall–Kier alpha value is -2.13. The topological polar surface area (TPSA) is 97.4 Å². The largest absolute Gasteiger partial charge is 0.479 e. The summed E-state index contributed by atoms with van der Waals surface area (Å²) in [6.45, 7) is 5.05. The third-order valence-corrected chi connectivity index (χ3v) is 6.33. The summed E-state index contributed by atoms with van der Waals surface area (Å²) in [5.41, 5.74) is 1.24. The first-order valence-corrected chi connectivity index (χ1v) is 9.14. The summed E-state index contributed by atoms with van der Waals surface area (Å²) >= 11 is 1.11. The van der Waals surface area contributed by atoms with Gasteiger partial charge in [0.1, 0.15) is 5.75 Å². The number of rotatable bonds is 3. The number of aryl methyl sites for hydroxylation is 2. The van der Waals surface area contributed by atoms with E-state index in [-0.39, 0.29) is 10.1 Å². The lowest BCUT2D eigenvalue weighted by atomic mass is 10.2. The van der Waals surface area contributed by atoms with Crippen molar-refractivity contribution in [3.05, 3.63) is 28.9 Å². The van der Waals surface area contributed by atoms with Gasteiger partial charge in [-0.25, -0.2) is 13.4 Å². The van der Waals surface area contributed by atoms with E-state index < -0.39 is 16.1 Å². The molecule has 0 fully saturated rings. The van der Waals surface area contributed by atoms with Crippen LogP contribution >= 0.6 is 11.3 Å². The van der Waals surface area contributed by atoms with Crippen LogP contribution in [0.5, 0.6) is 5.75 Å². The molecule has 23 heavy (non-hydrogen) atoms. The molecule has 122 valence electrons. The standard InChI is InChI=1S/C14H15N3O4S2/c1-7-14(22-9(3)15-7)23(19,20)17-10-4-5-12-11(6-10)16-13(18)8(2)21-12/h4-6,8,17H,1-3H3,(H,16,18)/t8-/m0/s1. The number of sulfonamides is 1. The minimum atomic E-state index is -3.72. The fourth-order valence-corrected chi connectivity index (χ4v) is 4.77. The van der Waals surface area contributed by atoms with Crippen molar-refractivity contribution in [1.29, 1.82) is 0 Å². The molecule has 1 aromatic heterocycles. The molecule has 0 spiro atoms. The Morgan fingerprint density at radius 2 is 2.09 bits per heavy atom. The van der Waals surface area contributed by atoms with E-state index in [0.717, 1.165) is 11.3 Å². The average Bonchev–Trinajstić information content (AvgIpc) is 2.80. The Morgan fingerprint density at radius 1 is 1.35 bits per heavy atom. The van der Waals surface area contributed by atoms with Gasteiger partial charge in [0.05, 0.1) is 22.1 Å². The first-order valence-electron chi connectivity index (χ1n) is 6.85. The van der Waals surface area contributed by atoms with E-state index in [1.807, 2.05) is 0 Å². The molecular formula is C14H15N3O4S2. The van der Waals surface area contributed by atoms with E-state index >= 15 is 0 Å². The molecular weight excluding hydrogens is 338 g/mol. The van der Waals surface area contributed by atoms with Crippen LogP contribution in [0.1, 0.15) is 17.6 Å². The van der Waals surface area contributed by atoms with Crippen molar-refractivity contribution in [1.82, 2.24) is 4.98 Å². The highest BCUT2D eigenvalue weighted by Gasteiger charge is 2.25. The summed E-state index contributed by atoms with van der Waals surface area (Å²) in [5.74, 6) is 0.233. The summed E-state index contributed by atoms with van der Waals surface area (Å²) in [6.07, 6.45) is -0.576. The van der Waals surface area contributed by atoms with E-state index in [2.05, 4.69) is 15.0 Å². The fourth-order valence-electron chi connectivity index (χ4n) is 2.24. The van der Waals surface area contributed by atoms with E-state index in [0.29, 0.717) is 27.8 Å². The van der Waals surface area contributed by atoms with Gasteiger partial charge in [0.15, 0.2) is 10.3 Å². The molecule has 1 aliphatic heterocycles. The molecule has 0 saturated heterocycles. The van der Waals surface area contributed by atoms with Gasteiger partial charge in [0.2, 0.25) is 0 Å². The molecule has 0 bridgehead atoms. The second-order valence-corrected chi connectivity index (χ2v) is 8.25. The molecule has 0 unspecified atom stereocenters. The molecule has 3 rings (SSSR count). The van der Waals surface area contributed by atoms with E-state index in [1.165, 1.54) is 6.07 Å². The Balaban J connectivity index is 1.91. The number of benzene rings is 1. The molecule has 1 amide bonds. The Bertz CT molecular complexity index is 889. The number of aromatic nitrogens is 1. The zero-order chi connectivity index (χ0) is 16.8. The van der Waals surface area contributed by atoms with Crippen molar-refractivity contribution in [2.24, 2.45) is 0 Å². The van der Waals surface area contributed by atoms with Gasteiger partial charge >= 0.3 is 0 Å². The maximum Gasteiger partial charge on any atom is 0.273 e.